The van der Waals surface area contributed by atoms with Crippen molar-refractivity contribution in [3.63, 3.8) is 0 Å². The van der Waals surface area contributed by atoms with Crippen LogP contribution in [0, 0.1) is 0 Å². The molecule has 0 unspecified atom stereocenters. The Morgan fingerprint density at radius 3 is 1.31 bits per heavy atom. The second-order valence-electron chi connectivity index (χ2n) is 2.48. The van der Waals surface area contributed by atoms with Crippen LogP contribution in [0.1, 0.15) is 47.5 Å². The largest absolute Gasteiger partial charge is 0.353 e. The summed E-state index contributed by atoms with van der Waals surface area (Å²) in [6.45, 7) is 11.6. The van der Waals surface area contributed by atoms with Gasteiger partial charge in [-0.2, -0.15) is 0 Å². The lowest BCUT2D eigenvalue weighted by Gasteiger charge is -2.09. The molecular formula is C10H25ClO2. The van der Waals surface area contributed by atoms with Crippen molar-refractivity contribution in [2.45, 2.75) is 53.8 Å². The molecule has 0 N–H and O–H groups in total. The highest BCUT2D eigenvalue weighted by molar-refractivity contribution is 5.85. The molecule has 0 fully saturated rings. The predicted molar refractivity (Wildman–Crippen MR) is 60.5 cm³/mol. The van der Waals surface area contributed by atoms with E-state index >= 15 is 0 Å². The van der Waals surface area contributed by atoms with Gasteiger partial charge in [0.15, 0.2) is 6.29 Å². The van der Waals surface area contributed by atoms with E-state index in [1.54, 1.807) is 0 Å². The van der Waals surface area contributed by atoms with E-state index in [0.717, 1.165) is 13.2 Å². The maximum Gasteiger partial charge on any atom is 0.154 e. The first-order chi connectivity index (χ1) is 5.72. The molecule has 0 saturated heterocycles. The van der Waals surface area contributed by atoms with Crippen molar-refractivity contribution in [1.29, 1.82) is 0 Å². The molecule has 0 spiro atoms. The Morgan fingerprint density at radius 2 is 1.15 bits per heavy atom. The number of rotatable bonds is 5. The SMILES string of the molecule is CCCC.CCOC(C)OCC.Cl. The van der Waals surface area contributed by atoms with Crippen molar-refractivity contribution in [1.82, 2.24) is 0 Å². The smallest absolute Gasteiger partial charge is 0.154 e. The molecule has 3 heteroatoms. The number of ether oxygens (including phenoxy) is 2. The lowest BCUT2D eigenvalue weighted by Crippen LogP contribution is -2.11. The summed E-state index contributed by atoms with van der Waals surface area (Å²) in [4.78, 5) is 0. The van der Waals surface area contributed by atoms with Crippen LogP contribution in [0.25, 0.3) is 0 Å². The molecule has 0 aromatic heterocycles. The quantitative estimate of drug-likeness (QED) is 0.648. The third-order valence-corrected chi connectivity index (χ3v) is 1.30. The van der Waals surface area contributed by atoms with Crippen LogP contribution in [-0.4, -0.2) is 19.5 Å². The highest BCUT2D eigenvalue weighted by atomic mass is 35.5. The lowest BCUT2D eigenvalue weighted by molar-refractivity contribution is -0.123. The maximum absolute atomic E-state index is 5.06. The van der Waals surface area contributed by atoms with Gasteiger partial charge in [-0.3, -0.25) is 0 Å². The number of hydrogen-bond acceptors (Lipinski definition) is 2. The molecule has 13 heavy (non-hydrogen) atoms. The van der Waals surface area contributed by atoms with Crippen LogP contribution in [0.5, 0.6) is 0 Å². The van der Waals surface area contributed by atoms with Crippen LogP contribution in [0.2, 0.25) is 0 Å². The summed E-state index contributed by atoms with van der Waals surface area (Å²) in [7, 11) is 0. The molecule has 84 valence electrons. The average Bonchev–Trinajstić information content (AvgIpc) is 2.06. The molecule has 0 aliphatic carbocycles. The van der Waals surface area contributed by atoms with Crippen molar-refractivity contribution in [3.05, 3.63) is 0 Å². The number of unbranched alkanes of at least 4 members (excludes halogenated alkanes) is 1. The third-order valence-electron chi connectivity index (χ3n) is 1.30. The summed E-state index contributed by atoms with van der Waals surface area (Å²) in [5.41, 5.74) is 0. The van der Waals surface area contributed by atoms with Crippen LogP contribution in [-0.2, 0) is 9.47 Å². The standard InChI is InChI=1S/C6H14O2.C4H10.ClH/c1-4-7-6(3)8-5-2;1-3-4-2;/h6H,4-5H2,1-3H3;3-4H2,1-2H3;1H. The fourth-order valence-corrected chi connectivity index (χ4v) is 0.518. The Balaban J connectivity index is -0.000000173. The van der Waals surface area contributed by atoms with Crippen LogP contribution in [0.4, 0.5) is 0 Å². The van der Waals surface area contributed by atoms with Gasteiger partial charge in [0.1, 0.15) is 0 Å². The Kier molecular flexibility index (Phi) is 26.3. The highest BCUT2D eigenvalue weighted by Crippen LogP contribution is 1.90. The van der Waals surface area contributed by atoms with Gasteiger partial charge in [0, 0.05) is 13.2 Å². The van der Waals surface area contributed by atoms with Gasteiger partial charge >= 0.3 is 0 Å². The van der Waals surface area contributed by atoms with Crippen molar-refractivity contribution >= 4 is 12.4 Å². The van der Waals surface area contributed by atoms with Crippen molar-refractivity contribution < 1.29 is 9.47 Å². The number of halogens is 1. The fraction of sp³-hybridized carbons (Fsp3) is 1.00. The zero-order valence-electron chi connectivity index (χ0n) is 9.63. The van der Waals surface area contributed by atoms with E-state index < -0.39 is 0 Å². The zero-order chi connectivity index (χ0) is 9.82. The first-order valence-electron chi connectivity index (χ1n) is 4.95. The van der Waals surface area contributed by atoms with Crippen molar-refractivity contribution in [2.24, 2.45) is 0 Å². The van der Waals surface area contributed by atoms with Crippen molar-refractivity contribution in [2.75, 3.05) is 13.2 Å². The average molecular weight is 213 g/mol. The van der Waals surface area contributed by atoms with E-state index in [1.807, 2.05) is 20.8 Å². The topological polar surface area (TPSA) is 18.5 Å². The molecule has 0 heterocycles. The summed E-state index contributed by atoms with van der Waals surface area (Å²) in [6.07, 6.45) is 2.60. The van der Waals surface area contributed by atoms with Crippen molar-refractivity contribution in [3.8, 4) is 0 Å². The van der Waals surface area contributed by atoms with Gasteiger partial charge in [-0.25, -0.2) is 0 Å². The molecule has 0 bridgehead atoms. The normalized spacial score (nSPS) is 8.77. The first-order valence-corrected chi connectivity index (χ1v) is 4.95. The molecule has 0 aliphatic rings. The monoisotopic (exact) mass is 212 g/mol. The van der Waals surface area contributed by atoms with E-state index in [9.17, 15) is 0 Å². The molecule has 0 rings (SSSR count). The van der Waals surface area contributed by atoms with E-state index in [2.05, 4.69) is 13.8 Å². The predicted octanol–water partition coefficient (Wildman–Crippen LogP) is 3.63. The lowest BCUT2D eigenvalue weighted by atomic mass is 10.4. The Bertz CT molecular complexity index is 61.9. The molecule has 0 atom stereocenters. The minimum absolute atomic E-state index is 0. The minimum Gasteiger partial charge on any atom is -0.353 e. The zero-order valence-corrected chi connectivity index (χ0v) is 10.4. The first kappa shape index (κ1) is 18.9. The van der Waals surface area contributed by atoms with Crippen LogP contribution in [0.15, 0.2) is 0 Å². The van der Waals surface area contributed by atoms with Gasteiger partial charge in [-0.15, -0.1) is 12.4 Å². The minimum atomic E-state index is -0.0370. The Labute approximate surface area is 89.4 Å². The van der Waals surface area contributed by atoms with Gasteiger partial charge in [0.05, 0.1) is 0 Å². The van der Waals surface area contributed by atoms with Gasteiger partial charge in [0.2, 0.25) is 0 Å². The number of hydrogen-bond donors (Lipinski definition) is 0. The van der Waals surface area contributed by atoms with Crippen LogP contribution < -0.4 is 0 Å². The highest BCUT2D eigenvalue weighted by Gasteiger charge is 1.94. The van der Waals surface area contributed by atoms with E-state index in [0.29, 0.717) is 0 Å². The van der Waals surface area contributed by atoms with Gasteiger partial charge in [-0.1, -0.05) is 26.7 Å². The summed E-state index contributed by atoms with van der Waals surface area (Å²) < 4.78 is 10.1. The van der Waals surface area contributed by atoms with E-state index in [4.69, 9.17) is 9.47 Å². The molecule has 0 aromatic carbocycles. The maximum atomic E-state index is 5.06. The molecule has 0 aromatic rings. The Morgan fingerprint density at radius 1 is 0.846 bits per heavy atom. The van der Waals surface area contributed by atoms with E-state index in [-0.39, 0.29) is 18.7 Å². The van der Waals surface area contributed by atoms with Gasteiger partial charge in [0.25, 0.3) is 0 Å². The van der Waals surface area contributed by atoms with Gasteiger partial charge in [-0.05, 0) is 20.8 Å². The van der Waals surface area contributed by atoms with Crippen LogP contribution in [0.3, 0.4) is 0 Å². The fourth-order valence-electron chi connectivity index (χ4n) is 0.518. The molecule has 0 radical (unpaired) electrons. The van der Waals surface area contributed by atoms with Gasteiger partial charge < -0.3 is 9.47 Å². The third kappa shape index (κ3) is 24.5. The van der Waals surface area contributed by atoms with E-state index in [1.165, 1.54) is 12.8 Å². The molecular weight excluding hydrogens is 188 g/mol. The summed E-state index contributed by atoms with van der Waals surface area (Å²) in [6, 6.07) is 0. The molecule has 2 nitrogen and oxygen atoms in total. The summed E-state index contributed by atoms with van der Waals surface area (Å²) >= 11 is 0. The molecule has 0 saturated carbocycles. The summed E-state index contributed by atoms with van der Waals surface area (Å²) in [5.74, 6) is 0. The molecule has 0 amide bonds. The molecule has 0 aliphatic heterocycles. The second-order valence-corrected chi connectivity index (χ2v) is 2.48. The summed E-state index contributed by atoms with van der Waals surface area (Å²) in [5, 5.41) is 0. The Hall–Kier alpha value is 0.210. The van der Waals surface area contributed by atoms with Crippen LogP contribution >= 0.6 is 12.4 Å². The second kappa shape index (κ2) is 18.1.